The van der Waals surface area contributed by atoms with Crippen LogP contribution in [0.4, 0.5) is 5.69 Å². The number of hydrogen-bond donors (Lipinski definition) is 0. The van der Waals surface area contributed by atoms with Gasteiger partial charge in [0.15, 0.2) is 0 Å². The Labute approximate surface area is 146 Å². The Balaban J connectivity index is 0.00000180. The fraction of sp³-hybridized carbons (Fsp3) is 0.214. The minimum absolute atomic E-state index is 0. The summed E-state index contributed by atoms with van der Waals surface area (Å²) in [4.78, 5) is 2.22. The van der Waals surface area contributed by atoms with Crippen LogP contribution < -0.4 is 4.90 Å². The van der Waals surface area contributed by atoms with Gasteiger partial charge in [0.1, 0.15) is 10.0 Å². The largest absolute Gasteiger partial charge is 0.547 e. The Morgan fingerprint density at radius 1 is 1.00 bits per heavy atom. The van der Waals surface area contributed by atoms with Crippen LogP contribution in [0.1, 0.15) is 0 Å². The van der Waals surface area contributed by atoms with Crippen molar-refractivity contribution < 1.29 is 41.1 Å². The van der Waals surface area contributed by atoms with E-state index in [4.69, 9.17) is 0 Å². The zero-order valence-electron chi connectivity index (χ0n) is 12.2. The van der Waals surface area contributed by atoms with Gasteiger partial charge in [0, 0.05) is 63.3 Å². The van der Waals surface area contributed by atoms with Crippen LogP contribution in [0.3, 0.4) is 0 Å². The first-order valence-corrected chi connectivity index (χ1v) is 6.96. The SMILES string of the molecule is C[N-]S(=O)(=O)c1cccc2c(N(C)C)cccc12.[CH3-].[Y]. The van der Waals surface area contributed by atoms with Crippen LogP contribution in [-0.2, 0) is 42.7 Å². The minimum Gasteiger partial charge on any atom is -0.547 e. The van der Waals surface area contributed by atoms with Crippen molar-refractivity contribution in [1.29, 1.82) is 0 Å². The van der Waals surface area contributed by atoms with Gasteiger partial charge in [-0.05, 0) is 12.1 Å². The molecule has 0 atom stereocenters. The molecular formula is C14H18N2O2SY-2. The Hall–Kier alpha value is -0.486. The van der Waals surface area contributed by atoms with E-state index >= 15 is 0 Å². The summed E-state index contributed by atoms with van der Waals surface area (Å²) in [5, 5.41) is 1.61. The van der Waals surface area contributed by atoms with Crippen molar-refractivity contribution in [2.75, 3.05) is 26.0 Å². The Kier molecular flexibility index (Phi) is 7.32. The van der Waals surface area contributed by atoms with Crippen molar-refractivity contribution in [3.63, 3.8) is 0 Å². The average molecular weight is 367 g/mol. The van der Waals surface area contributed by atoms with E-state index in [0.29, 0.717) is 5.39 Å². The van der Waals surface area contributed by atoms with E-state index in [1.807, 2.05) is 37.2 Å². The van der Waals surface area contributed by atoms with Crippen molar-refractivity contribution in [3.05, 3.63) is 48.5 Å². The molecule has 0 saturated heterocycles. The quantitative estimate of drug-likeness (QED) is 0.784. The summed E-state index contributed by atoms with van der Waals surface area (Å²) in [5.41, 5.74) is 0.987. The van der Waals surface area contributed by atoms with Gasteiger partial charge < -0.3 is 17.0 Å². The summed E-state index contributed by atoms with van der Waals surface area (Å²) in [5.74, 6) is 0. The van der Waals surface area contributed by atoms with Crippen LogP contribution in [0.15, 0.2) is 41.3 Å². The maximum Gasteiger partial charge on any atom is 0.101 e. The second kappa shape index (κ2) is 7.50. The van der Waals surface area contributed by atoms with Crippen LogP contribution in [0, 0.1) is 7.43 Å². The van der Waals surface area contributed by atoms with E-state index < -0.39 is 10.0 Å². The van der Waals surface area contributed by atoms with Crippen LogP contribution >= 0.6 is 0 Å². The third-order valence-corrected chi connectivity index (χ3v) is 4.25. The molecule has 0 aliphatic carbocycles. The average Bonchev–Trinajstić information content (AvgIpc) is 2.37. The van der Waals surface area contributed by atoms with Gasteiger partial charge in [-0.15, -0.1) is 0 Å². The van der Waals surface area contributed by atoms with E-state index in [0.717, 1.165) is 11.1 Å². The van der Waals surface area contributed by atoms with E-state index in [-0.39, 0.29) is 45.0 Å². The fourth-order valence-electron chi connectivity index (χ4n) is 1.98. The molecule has 0 N–H and O–H groups in total. The van der Waals surface area contributed by atoms with Gasteiger partial charge in [-0.1, -0.05) is 24.3 Å². The topological polar surface area (TPSA) is 51.5 Å². The second-order valence-corrected chi connectivity index (χ2v) is 5.94. The maximum absolute atomic E-state index is 11.9. The normalized spacial score (nSPS) is 10.6. The van der Waals surface area contributed by atoms with E-state index in [2.05, 4.69) is 4.72 Å². The number of hydrogen-bond acceptors (Lipinski definition) is 3. The summed E-state index contributed by atoms with van der Waals surface area (Å²) in [6.45, 7) is 0. The molecule has 107 valence electrons. The molecule has 1 radical (unpaired) electrons. The molecule has 20 heavy (non-hydrogen) atoms. The van der Waals surface area contributed by atoms with E-state index in [9.17, 15) is 8.42 Å². The molecule has 0 aliphatic rings. The number of sulfonamides is 1. The van der Waals surface area contributed by atoms with Crippen LogP contribution in [0.5, 0.6) is 0 Å². The molecule has 2 aromatic rings. The molecule has 0 bridgehead atoms. The van der Waals surface area contributed by atoms with Gasteiger partial charge in [0.05, 0.1) is 4.90 Å². The molecule has 4 nitrogen and oxygen atoms in total. The second-order valence-electron chi connectivity index (χ2n) is 4.18. The van der Waals surface area contributed by atoms with Crippen molar-refractivity contribution in [2.45, 2.75) is 4.90 Å². The van der Waals surface area contributed by atoms with E-state index in [1.165, 1.54) is 7.05 Å². The van der Waals surface area contributed by atoms with Crippen LogP contribution in [0.25, 0.3) is 15.5 Å². The molecule has 0 aromatic heterocycles. The summed E-state index contributed by atoms with van der Waals surface area (Å²) in [6, 6.07) is 10.9. The zero-order chi connectivity index (χ0) is 13.3. The van der Waals surface area contributed by atoms with Crippen molar-refractivity contribution >= 4 is 26.5 Å². The number of anilines is 1. The van der Waals surface area contributed by atoms with Gasteiger partial charge in [0.2, 0.25) is 0 Å². The van der Waals surface area contributed by atoms with Crippen LogP contribution in [-0.4, -0.2) is 29.6 Å². The van der Waals surface area contributed by atoms with Crippen molar-refractivity contribution in [3.8, 4) is 0 Å². The molecular weight excluding hydrogens is 349 g/mol. The number of nitrogens with zero attached hydrogens (tertiary/aromatic N) is 2. The molecule has 0 aliphatic heterocycles. The molecule has 2 aromatic carbocycles. The van der Waals surface area contributed by atoms with Crippen molar-refractivity contribution in [2.24, 2.45) is 0 Å². The summed E-state index contributed by atoms with van der Waals surface area (Å²) >= 11 is 0. The van der Waals surface area contributed by atoms with Gasteiger partial charge in [-0.3, -0.25) is 0 Å². The molecule has 0 fully saturated rings. The number of benzene rings is 2. The molecule has 0 heterocycles. The molecule has 0 saturated carbocycles. The predicted molar refractivity (Wildman–Crippen MR) is 81.2 cm³/mol. The first-order chi connectivity index (χ1) is 8.47. The third-order valence-electron chi connectivity index (χ3n) is 2.86. The van der Waals surface area contributed by atoms with Gasteiger partial charge in [0.25, 0.3) is 0 Å². The van der Waals surface area contributed by atoms with Gasteiger partial charge in [-0.25, -0.2) is 8.42 Å². The standard InChI is InChI=1S/C13H15N2O2S.CH3.Y/c1-14-18(16,17)13-9-5-6-10-11(13)7-4-8-12(10)15(2)3;;/h4-9H,1-3H3;1H3;/q2*-1;. The summed E-state index contributed by atoms with van der Waals surface area (Å²) < 4.78 is 27.3. The first kappa shape index (κ1) is 19.5. The predicted octanol–water partition coefficient (Wildman–Crippen LogP) is 3.05. The van der Waals surface area contributed by atoms with Crippen LogP contribution in [0.2, 0.25) is 0 Å². The Morgan fingerprint density at radius 3 is 2.10 bits per heavy atom. The van der Waals surface area contributed by atoms with Gasteiger partial charge >= 0.3 is 0 Å². The summed E-state index contributed by atoms with van der Waals surface area (Å²) in [7, 11) is 1.60. The molecule has 0 amide bonds. The minimum atomic E-state index is -3.56. The van der Waals surface area contributed by atoms with Crippen molar-refractivity contribution in [1.82, 2.24) is 0 Å². The first-order valence-electron chi connectivity index (χ1n) is 5.52. The number of fused-ring (bicyclic) bond motifs is 1. The third kappa shape index (κ3) is 3.58. The smallest absolute Gasteiger partial charge is 0.101 e. The van der Waals surface area contributed by atoms with Gasteiger partial charge in [-0.2, -0.15) is 7.05 Å². The molecule has 6 heteroatoms. The molecule has 2 rings (SSSR count). The maximum atomic E-state index is 11.9. The number of rotatable bonds is 3. The van der Waals surface area contributed by atoms with E-state index in [1.54, 1.807) is 18.2 Å². The Morgan fingerprint density at radius 2 is 1.55 bits per heavy atom. The zero-order valence-corrected chi connectivity index (χ0v) is 15.8. The Bertz CT molecular complexity index is 685. The fourth-order valence-corrected chi connectivity index (χ4v) is 2.88. The molecule has 0 unspecified atom stereocenters. The summed E-state index contributed by atoms with van der Waals surface area (Å²) in [6.07, 6.45) is 0. The monoisotopic (exact) mass is 367 g/mol. The molecule has 0 spiro atoms.